The third-order valence-electron chi connectivity index (χ3n) is 4.36. The lowest BCUT2D eigenvalue weighted by molar-refractivity contribution is -0.122. The van der Waals surface area contributed by atoms with Gasteiger partial charge >= 0.3 is 0 Å². The molecular weight excluding hydrogens is 295 g/mol. The number of nitrogens with zero attached hydrogens (tertiary/aromatic N) is 1. The van der Waals surface area contributed by atoms with E-state index in [1.54, 1.807) is 6.07 Å². The molecule has 128 valence electrons. The van der Waals surface area contributed by atoms with Gasteiger partial charge in [-0.15, -0.1) is 0 Å². The summed E-state index contributed by atoms with van der Waals surface area (Å²) in [5, 5.41) is 3.12. The molecule has 0 unspecified atom stereocenters. The number of nitrogens with one attached hydrogen (secondary N) is 1. The van der Waals surface area contributed by atoms with E-state index in [-0.39, 0.29) is 17.5 Å². The summed E-state index contributed by atoms with van der Waals surface area (Å²) in [6.45, 7) is 1.27. The van der Waals surface area contributed by atoms with Gasteiger partial charge in [0, 0.05) is 25.6 Å². The van der Waals surface area contributed by atoms with Crippen molar-refractivity contribution in [2.24, 2.45) is 0 Å². The molecule has 4 nitrogen and oxygen atoms in total. The summed E-state index contributed by atoms with van der Waals surface area (Å²) >= 11 is 0. The molecule has 1 aromatic carbocycles. The van der Waals surface area contributed by atoms with Crippen LogP contribution in [0.3, 0.4) is 0 Å². The van der Waals surface area contributed by atoms with E-state index in [4.69, 9.17) is 4.74 Å². The Morgan fingerprint density at radius 2 is 2.09 bits per heavy atom. The molecule has 1 N–H and O–H groups in total. The zero-order valence-corrected chi connectivity index (χ0v) is 14.1. The second kappa shape index (κ2) is 8.87. The van der Waals surface area contributed by atoms with Gasteiger partial charge < -0.3 is 15.0 Å². The van der Waals surface area contributed by atoms with Crippen LogP contribution in [0.1, 0.15) is 44.1 Å². The van der Waals surface area contributed by atoms with Crippen LogP contribution in [0.25, 0.3) is 0 Å². The van der Waals surface area contributed by atoms with E-state index in [0.29, 0.717) is 25.6 Å². The Bertz CT molecular complexity index is 516. The predicted molar refractivity (Wildman–Crippen MR) is 88.9 cm³/mol. The fourth-order valence-electron chi connectivity index (χ4n) is 3.04. The minimum absolute atomic E-state index is 0.115. The summed E-state index contributed by atoms with van der Waals surface area (Å²) in [6, 6.07) is 5.32. The molecule has 5 heteroatoms. The number of halogens is 1. The van der Waals surface area contributed by atoms with Crippen molar-refractivity contribution in [2.45, 2.75) is 51.1 Å². The third kappa shape index (κ3) is 5.82. The maximum Gasteiger partial charge on any atom is 0.221 e. The molecule has 1 amide bonds. The second-order valence-corrected chi connectivity index (χ2v) is 6.36. The van der Waals surface area contributed by atoms with Crippen molar-refractivity contribution in [2.75, 3.05) is 20.7 Å². The van der Waals surface area contributed by atoms with Crippen LogP contribution in [-0.2, 0) is 11.3 Å². The van der Waals surface area contributed by atoms with Crippen LogP contribution >= 0.6 is 0 Å². The van der Waals surface area contributed by atoms with Crippen LogP contribution in [-0.4, -0.2) is 37.6 Å². The van der Waals surface area contributed by atoms with Gasteiger partial charge in [0.2, 0.25) is 5.91 Å². The monoisotopic (exact) mass is 322 g/mol. The number of amides is 1. The lowest BCUT2D eigenvalue weighted by Crippen LogP contribution is -2.37. The standard InChI is InChI=1S/C18H27FN2O2/c1-21(13-14-8-9-17(23-2)16(19)12-14)11-10-18(22)20-15-6-4-3-5-7-15/h8-9,12,15H,3-7,10-11,13H2,1-2H3,(H,20,22). The minimum atomic E-state index is -0.353. The molecular formula is C18H27FN2O2. The van der Waals surface area contributed by atoms with E-state index >= 15 is 0 Å². The molecule has 1 aliphatic rings. The smallest absolute Gasteiger partial charge is 0.221 e. The highest BCUT2D eigenvalue weighted by Gasteiger charge is 2.15. The molecule has 0 saturated heterocycles. The third-order valence-corrected chi connectivity index (χ3v) is 4.36. The number of benzene rings is 1. The Morgan fingerprint density at radius 3 is 2.74 bits per heavy atom. The van der Waals surface area contributed by atoms with Gasteiger partial charge in [0.25, 0.3) is 0 Å². The molecule has 0 aromatic heterocycles. The van der Waals surface area contributed by atoms with Crippen molar-refractivity contribution >= 4 is 5.91 Å². The van der Waals surface area contributed by atoms with Crippen LogP contribution in [0, 0.1) is 5.82 Å². The number of carbonyl (C=O) groups excluding carboxylic acids is 1. The van der Waals surface area contributed by atoms with Gasteiger partial charge in [0.05, 0.1) is 7.11 Å². The van der Waals surface area contributed by atoms with Crippen molar-refractivity contribution in [3.63, 3.8) is 0 Å². The van der Waals surface area contributed by atoms with Crippen molar-refractivity contribution in [3.05, 3.63) is 29.6 Å². The topological polar surface area (TPSA) is 41.6 Å². The maximum atomic E-state index is 13.7. The lowest BCUT2D eigenvalue weighted by Gasteiger charge is -2.23. The molecule has 1 fully saturated rings. The lowest BCUT2D eigenvalue weighted by atomic mass is 9.95. The minimum Gasteiger partial charge on any atom is -0.494 e. The molecule has 0 radical (unpaired) electrons. The van der Waals surface area contributed by atoms with E-state index in [1.165, 1.54) is 32.4 Å². The summed E-state index contributed by atoms with van der Waals surface area (Å²) in [5.41, 5.74) is 0.874. The van der Waals surface area contributed by atoms with Gasteiger partial charge in [-0.3, -0.25) is 4.79 Å². The zero-order chi connectivity index (χ0) is 16.7. The maximum absolute atomic E-state index is 13.7. The van der Waals surface area contributed by atoms with Gasteiger partial charge in [-0.2, -0.15) is 0 Å². The summed E-state index contributed by atoms with van der Waals surface area (Å²) in [7, 11) is 3.39. The highest BCUT2D eigenvalue weighted by atomic mass is 19.1. The number of ether oxygens (including phenoxy) is 1. The van der Waals surface area contributed by atoms with Crippen LogP contribution < -0.4 is 10.1 Å². The van der Waals surface area contributed by atoms with Crippen molar-refractivity contribution in [1.29, 1.82) is 0 Å². The van der Waals surface area contributed by atoms with Crippen molar-refractivity contribution in [1.82, 2.24) is 10.2 Å². The largest absolute Gasteiger partial charge is 0.494 e. The molecule has 0 aliphatic heterocycles. The SMILES string of the molecule is COc1ccc(CN(C)CCC(=O)NC2CCCCC2)cc1F. The van der Waals surface area contributed by atoms with Crippen LogP contribution in [0.4, 0.5) is 4.39 Å². The van der Waals surface area contributed by atoms with Gasteiger partial charge in [-0.05, 0) is 37.6 Å². The quantitative estimate of drug-likeness (QED) is 0.839. The zero-order valence-electron chi connectivity index (χ0n) is 14.1. The molecule has 23 heavy (non-hydrogen) atoms. The molecule has 0 spiro atoms. The molecule has 1 aliphatic carbocycles. The van der Waals surface area contributed by atoms with E-state index in [1.807, 2.05) is 18.0 Å². The van der Waals surface area contributed by atoms with E-state index in [9.17, 15) is 9.18 Å². The van der Waals surface area contributed by atoms with Gasteiger partial charge in [-0.1, -0.05) is 25.3 Å². The summed E-state index contributed by atoms with van der Waals surface area (Å²) in [5.74, 6) is 0.0152. The predicted octanol–water partition coefficient (Wildman–Crippen LogP) is 3.11. The van der Waals surface area contributed by atoms with Crippen molar-refractivity contribution in [3.8, 4) is 5.75 Å². The first-order valence-electron chi connectivity index (χ1n) is 8.39. The van der Waals surface area contributed by atoms with Gasteiger partial charge in [0.1, 0.15) is 0 Å². The molecule has 0 bridgehead atoms. The van der Waals surface area contributed by atoms with Gasteiger partial charge in [-0.25, -0.2) is 4.39 Å². The molecule has 0 heterocycles. The van der Waals surface area contributed by atoms with E-state index < -0.39 is 0 Å². The highest BCUT2D eigenvalue weighted by Crippen LogP contribution is 2.19. The number of rotatable bonds is 7. The van der Waals surface area contributed by atoms with Crippen LogP contribution in [0.5, 0.6) is 5.75 Å². The van der Waals surface area contributed by atoms with Gasteiger partial charge in [0.15, 0.2) is 11.6 Å². The average molecular weight is 322 g/mol. The van der Waals surface area contributed by atoms with Crippen molar-refractivity contribution < 1.29 is 13.9 Å². The summed E-state index contributed by atoms with van der Waals surface area (Å²) < 4.78 is 18.6. The Balaban J connectivity index is 1.72. The number of methoxy groups -OCH3 is 1. The summed E-state index contributed by atoms with van der Waals surface area (Å²) in [4.78, 5) is 14.0. The Morgan fingerprint density at radius 1 is 1.35 bits per heavy atom. The first kappa shape index (κ1) is 17.7. The van der Waals surface area contributed by atoms with E-state index in [0.717, 1.165) is 18.4 Å². The fraction of sp³-hybridized carbons (Fsp3) is 0.611. The molecule has 1 saturated carbocycles. The van der Waals surface area contributed by atoms with E-state index in [2.05, 4.69) is 5.32 Å². The Labute approximate surface area is 138 Å². The second-order valence-electron chi connectivity index (χ2n) is 6.36. The number of carbonyl (C=O) groups is 1. The fourth-order valence-corrected chi connectivity index (χ4v) is 3.04. The Kier molecular flexibility index (Phi) is 6.84. The first-order valence-corrected chi connectivity index (χ1v) is 8.39. The van der Waals surface area contributed by atoms with Crippen LogP contribution in [0.15, 0.2) is 18.2 Å². The average Bonchev–Trinajstić information content (AvgIpc) is 2.54. The Hall–Kier alpha value is -1.62. The normalized spacial score (nSPS) is 15.7. The first-order chi connectivity index (χ1) is 11.1. The molecule has 2 rings (SSSR count). The molecule has 0 atom stereocenters. The highest BCUT2D eigenvalue weighted by molar-refractivity contribution is 5.76. The summed E-state index contributed by atoms with van der Waals surface area (Å²) in [6.07, 6.45) is 6.40. The molecule has 1 aromatic rings. The number of hydrogen-bond donors (Lipinski definition) is 1. The number of hydrogen-bond acceptors (Lipinski definition) is 3. The van der Waals surface area contributed by atoms with Crippen LogP contribution in [0.2, 0.25) is 0 Å².